The molecule has 7 nitrogen and oxygen atoms in total. The van der Waals surface area contributed by atoms with Crippen LogP contribution in [-0.4, -0.2) is 44.7 Å². The molecule has 1 N–H and O–H groups in total. The number of hydrogen-bond donors (Lipinski definition) is 1. The number of likely N-dealkylation sites (N-methyl/N-ethyl adjacent to an activating group) is 1. The zero-order valence-corrected chi connectivity index (χ0v) is 18.6. The van der Waals surface area contributed by atoms with Crippen LogP contribution >= 0.6 is 13.5 Å². The quantitative estimate of drug-likeness (QED) is 0.776. The highest BCUT2D eigenvalue weighted by Crippen LogP contribution is 2.45. The van der Waals surface area contributed by atoms with Crippen LogP contribution in [-0.2, 0) is 17.6 Å². The number of rotatable bonds is 5. The van der Waals surface area contributed by atoms with Crippen LogP contribution < -0.4 is 10.2 Å². The average Bonchev–Trinajstić information content (AvgIpc) is 3.07. The monoisotopic (exact) mass is 438 g/mol. The molecule has 0 spiro atoms. The largest absolute Gasteiger partial charge is 0.346 e. The van der Waals surface area contributed by atoms with Gasteiger partial charge in [-0.2, -0.15) is 18.6 Å². The average molecular weight is 439 g/mol. The molecule has 0 aromatic carbocycles. The number of carbonyl (C=O) groups is 1. The Kier molecular flexibility index (Phi) is 6.08. The highest BCUT2D eigenvalue weighted by Gasteiger charge is 2.46. The molecule has 0 bridgehead atoms. The van der Waals surface area contributed by atoms with Gasteiger partial charge < -0.3 is 10.2 Å². The van der Waals surface area contributed by atoms with Crippen molar-refractivity contribution in [2.24, 2.45) is 5.92 Å². The van der Waals surface area contributed by atoms with Crippen LogP contribution in [0.4, 0.5) is 20.3 Å². The zero-order valence-electron chi connectivity index (χ0n) is 17.6. The number of amides is 1. The van der Waals surface area contributed by atoms with E-state index in [4.69, 9.17) is 4.98 Å². The molecule has 0 unspecified atom stereocenters. The molecular weight excluding hydrogens is 410 g/mol. The fourth-order valence-corrected chi connectivity index (χ4v) is 4.16. The van der Waals surface area contributed by atoms with Crippen molar-refractivity contribution in [3.05, 3.63) is 29.5 Å². The lowest BCUT2D eigenvalue weighted by Gasteiger charge is -2.36. The second-order valence-corrected chi connectivity index (χ2v) is 8.46. The highest BCUT2D eigenvalue weighted by molar-refractivity contribution is 7.59. The molecule has 30 heavy (non-hydrogen) atoms. The minimum Gasteiger partial charge on any atom is -0.346 e. The maximum atomic E-state index is 13.1. The molecule has 0 saturated heterocycles. The molecule has 0 radical (unpaired) electrons. The fraction of sp³-hybridized carbons (Fsp3) is 0.600. The molecule has 2 aromatic heterocycles. The van der Waals surface area contributed by atoms with Crippen molar-refractivity contribution in [3.63, 3.8) is 0 Å². The molecule has 164 valence electrons. The highest BCUT2D eigenvalue weighted by atomic mass is 32.1. The standard InChI is InChI=1S/C20H26F2N6O.H2S/c1-11(2)17-19(29)26-16-12(3)24-15(25-18(16)27(17)4)6-5-13-9-23-28(10-13)14-7-20(21,22)8-14;/h9-11,14,17H,5-8H2,1-4H3,(H,26,29);1H2/t17-;/m0./s1. The summed E-state index contributed by atoms with van der Waals surface area (Å²) in [5, 5.41) is 7.19. The Hall–Kier alpha value is -2.23. The van der Waals surface area contributed by atoms with Gasteiger partial charge in [-0.15, -0.1) is 0 Å². The normalized spacial score (nSPS) is 20.4. The number of aromatic nitrogens is 4. The van der Waals surface area contributed by atoms with Gasteiger partial charge in [0.1, 0.15) is 17.6 Å². The zero-order chi connectivity index (χ0) is 20.9. The van der Waals surface area contributed by atoms with Crippen molar-refractivity contribution in [2.45, 2.75) is 64.5 Å². The van der Waals surface area contributed by atoms with E-state index in [1.165, 1.54) is 0 Å². The summed E-state index contributed by atoms with van der Waals surface area (Å²) in [5.74, 6) is -1.02. The van der Waals surface area contributed by atoms with Crippen LogP contribution in [0.1, 0.15) is 49.8 Å². The van der Waals surface area contributed by atoms with E-state index >= 15 is 0 Å². The number of nitrogens with one attached hydrogen (secondary N) is 1. The lowest BCUT2D eigenvalue weighted by atomic mass is 9.88. The van der Waals surface area contributed by atoms with E-state index in [1.807, 2.05) is 38.9 Å². The number of fused-ring (bicyclic) bond motifs is 1. The summed E-state index contributed by atoms with van der Waals surface area (Å²) >= 11 is 0. The van der Waals surface area contributed by atoms with E-state index in [2.05, 4.69) is 15.4 Å². The van der Waals surface area contributed by atoms with Crippen LogP contribution in [0.2, 0.25) is 0 Å². The molecular formula is C20H28F2N6OS. The first-order valence-electron chi connectivity index (χ1n) is 9.96. The van der Waals surface area contributed by atoms with Crippen molar-refractivity contribution in [2.75, 3.05) is 17.3 Å². The molecule has 1 amide bonds. The Morgan fingerprint density at radius 3 is 2.60 bits per heavy atom. The SMILES string of the molecule is Cc1nc(CCc2cnn(C3CC(F)(F)C3)c2)nc2c1NC(=O)[C@H](C(C)C)N2C.S. The van der Waals surface area contributed by atoms with Gasteiger partial charge in [0.2, 0.25) is 5.91 Å². The number of carbonyl (C=O) groups excluding carboxylic acids is 1. The number of alkyl halides is 2. The van der Waals surface area contributed by atoms with Crippen molar-refractivity contribution < 1.29 is 13.6 Å². The van der Waals surface area contributed by atoms with E-state index in [9.17, 15) is 13.6 Å². The molecule has 10 heteroatoms. The second-order valence-electron chi connectivity index (χ2n) is 8.46. The summed E-state index contributed by atoms with van der Waals surface area (Å²) in [6, 6.07) is -0.491. The first kappa shape index (κ1) is 22.5. The Bertz CT molecular complexity index is 939. The van der Waals surface area contributed by atoms with Gasteiger partial charge in [0.15, 0.2) is 5.82 Å². The van der Waals surface area contributed by atoms with E-state index in [1.54, 1.807) is 10.9 Å². The third-order valence-electron chi connectivity index (χ3n) is 5.75. The van der Waals surface area contributed by atoms with Crippen LogP contribution in [0.3, 0.4) is 0 Å². The minimum atomic E-state index is -2.55. The fourth-order valence-electron chi connectivity index (χ4n) is 4.16. The molecule has 1 fully saturated rings. The third-order valence-corrected chi connectivity index (χ3v) is 5.75. The Labute approximate surface area is 181 Å². The lowest BCUT2D eigenvalue weighted by molar-refractivity contribution is -0.118. The number of anilines is 2. The topological polar surface area (TPSA) is 75.9 Å². The second kappa shape index (κ2) is 8.13. The van der Waals surface area contributed by atoms with Gasteiger partial charge in [-0.25, -0.2) is 18.7 Å². The first-order chi connectivity index (χ1) is 13.6. The molecule has 1 atom stereocenters. The molecule has 1 saturated carbocycles. The van der Waals surface area contributed by atoms with Gasteiger partial charge in [-0.1, -0.05) is 13.8 Å². The predicted molar refractivity (Wildman–Crippen MR) is 116 cm³/mol. The summed E-state index contributed by atoms with van der Waals surface area (Å²) in [6.45, 7) is 5.88. The van der Waals surface area contributed by atoms with Gasteiger partial charge in [-0.05, 0) is 24.8 Å². The van der Waals surface area contributed by atoms with Crippen LogP contribution in [0.15, 0.2) is 12.4 Å². The first-order valence-corrected chi connectivity index (χ1v) is 9.96. The molecule has 2 aromatic rings. The molecule has 2 aliphatic rings. The molecule has 1 aliphatic carbocycles. The van der Waals surface area contributed by atoms with Crippen molar-refractivity contribution in [1.82, 2.24) is 19.7 Å². The van der Waals surface area contributed by atoms with Gasteiger partial charge in [0.25, 0.3) is 5.92 Å². The van der Waals surface area contributed by atoms with Gasteiger partial charge in [0.05, 0.1) is 17.9 Å². The predicted octanol–water partition coefficient (Wildman–Crippen LogP) is 3.26. The summed E-state index contributed by atoms with van der Waals surface area (Å²) in [5.41, 5.74) is 2.37. The number of nitrogens with zero attached hydrogens (tertiary/aromatic N) is 5. The minimum absolute atomic E-state index is 0. The van der Waals surface area contributed by atoms with E-state index in [0.29, 0.717) is 24.4 Å². The van der Waals surface area contributed by atoms with E-state index < -0.39 is 5.92 Å². The van der Waals surface area contributed by atoms with Crippen LogP contribution in [0, 0.1) is 12.8 Å². The summed E-state index contributed by atoms with van der Waals surface area (Å²) in [7, 11) is 1.89. The van der Waals surface area contributed by atoms with E-state index in [0.717, 1.165) is 17.1 Å². The van der Waals surface area contributed by atoms with Crippen LogP contribution in [0.25, 0.3) is 0 Å². The Balaban J connectivity index is 0.00000256. The van der Waals surface area contributed by atoms with Gasteiger partial charge in [-0.3, -0.25) is 9.48 Å². The summed E-state index contributed by atoms with van der Waals surface area (Å²) in [4.78, 5) is 23.6. The maximum Gasteiger partial charge on any atom is 0.252 e. The van der Waals surface area contributed by atoms with Gasteiger partial charge >= 0.3 is 0 Å². The smallest absolute Gasteiger partial charge is 0.252 e. The summed E-state index contributed by atoms with van der Waals surface area (Å²) in [6.07, 6.45) is 4.56. The maximum absolute atomic E-state index is 13.1. The Morgan fingerprint density at radius 1 is 1.27 bits per heavy atom. The van der Waals surface area contributed by atoms with Crippen LogP contribution in [0.5, 0.6) is 0 Å². The van der Waals surface area contributed by atoms with Crippen molar-refractivity contribution >= 4 is 30.9 Å². The Morgan fingerprint density at radius 2 is 1.97 bits per heavy atom. The molecule has 3 heterocycles. The van der Waals surface area contributed by atoms with E-state index in [-0.39, 0.29) is 50.2 Å². The third kappa shape index (κ3) is 4.14. The lowest BCUT2D eigenvalue weighted by Crippen LogP contribution is -2.49. The van der Waals surface area contributed by atoms with Crippen molar-refractivity contribution in [3.8, 4) is 0 Å². The number of aryl methyl sites for hydroxylation is 3. The summed E-state index contributed by atoms with van der Waals surface area (Å²) < 4.78 is 27.8. The van der Waals surface area contributed by atoms with Gasteiger partial charge in [0, 0.05) is 32.5 Å². The van der Waals surface area contributed by atoms with Crippen molar-refractivity contribution in [1.29, 1.82) is 0 Å². The number of hydrogen-bond acceptors (Lipinski definition) is 5. The molecule has 4 rings (SSSR count). The molecule has 1 aliphatic heterocycles. The number of halogens is 2.